The minimum atomic E-state index is -1.09. The van der Waals surface area contributed by atoms with Crippen LogP contribution in [0.5, 0.6) is 0 Å². The fraction of sp³-hybridized carbons (Fsp3) is 0.667. The molecule has 34 heavy (non-hydrogen) atoms. The number of piperidine rings is 1. The minimum absolute atomic E-state index is 0.0336. The lowest BCUT2D eigenvalue weighted by Crippen LogP contribution is -2.51. The number of halogens is 1. The first-order valence-corrected chi connectivity index (χ1v) is 12.1. The largest absolute Gasteiger partial charge is 0.465 e. The maximum atomic E-state index is 13.0. The Kier molecular flexibility index (Phi) is 11.4. The lowest BCUT2D eigenvalue weighted by Gasteiger charge is -2.38. The van der Waals surface area contributed by atoms with Gasteiger partial charge >= 0.3 is 12.1 Å². The van der Waals surface area contributed by atoms with E-state index in [1.165, 1.54) is 5.01 Å². The molecule has 0 radical (unpaired) electrons. The second-order valence-electron chi connectivity index (χ2n) is 9.60. The fourth-order valence-electron chi connectivity index (χ4n) is 4.43. The van der Waals surface area contributed by atoms with Crippen LogP contribution in [0.4, 0.5) is 9.59 Å². The quantitative estimate of drug-likeness (QED) is 0.173. The lowest BCUT2D eigenvalue weighted by atomic mass is 9.88. The fourth-order valence-corrected chi connectivity index (χ4v) is 4.63. The highest BCUT2D eigenvalue weighted by Crippen LogP contribution is 2.34. The van der Waals surface area contributed by atoms with Crippen molar-refractivity contribution in [2.45, 2.75) is 45.6 Å². The molecule has 1 fully saturated rings. The van der Waals surface area contributed by atoms with Crippen molar-refractivity contribution in [1.29, 1.82) is 0 Å². The number of nitrogens with zero attached hydrogens (tertiary/aromatic N) is 2. The van der Waals surface area contributed by atoms with Gasteiger partial charge in [0.2, 0.25) is 0 Å². The number of likely N-dealkylation sites (tertiary alicyclic amines) is 1. The molecule has 0 aromatic heterocycles. The maximum absolute atomic E-state index is 13.0. The van der Waals surface area contributed by atoms with Gasteiger partial charge in [-0.15, -0.1) is 0 Å². The van der Waals surface area contributed by atoms with Gasteiger partial charge in [0.1, 0.15) is 0 Å². The number of benzene rings is 1. The van der Waals surface area contributed by atoms with E-state index in [4.69, 9.17) is 32.0 Å². The van der Waals surface area contributed by atoms with E-state index in [0.717, 1.165) is 31.2 Å². The Hall–Kier alpha value is -2.07. The topological polar surface area (TPSA) is 117 Å². The van der Waals surface area contributed by atoms with Crippen LogP contribution in [0.2, 0.25) is 5.02 Å². The summed E-state index contributed by atoms with van der Waals surface area (Å²) in [6.07, 6.45) is 2.00. The molecule has 1 aromatic rings. The number of ether oxygens (including phenoxy) is 2. The summed E-state index contributed by atoms with van der Waals surface area (Å²) >= 11 is 6.21. The Balaban J connectivity index is 1.99. The van der Waals surface area contributed by atoms with E-state index < -0.39 is 6.09 Å². The zero-order chi connectivity index (χ0) is 25.1. The van der Waals surface area contributed by atoms with Crippen LogP contribution in [0.25, 0.3) is 0 Å². The second kappa shape index (κ2) is 13.7. The number of carboxylic acid groups (broad SMARTS) is 1. The molecule has 10 heteroatoms. The van der Waals surface area contributed by atoms with Gasteiger partial charge in [-0.1, -0.05) is 37.6 Å². The summed E-state index contributed by atoms with van der Waals surface area (Å²) in [6.45, 7) is 6.94. The summed E-state index contributed by atoms with van der Waals surface area (Å²) in [5.41, 5.74) is 0.943. The number of urea groups is 1. The van der Waals surface area contributed by atoms with Crippen LogP contribution in [0.15, 0.2) is 24.3 Å². The zero-order valence-corrected chi connectivity index (χ0v) is 21.2. The molecule has 9 nitrogen and oxygen atoms in total. The predicted octanol–water partition coefficient (Wildman–Crippen LogP) is 4.13. The van der Waals surface area contributed by atoms with Crippen LogP contribution < -0.4 is 11.2 Å². The number of carbonyl (C=O) groups is 2. The van der Waals surface area contributed by atoms with Crippen LogP contribution in [0, 0.1) is 11.3 Å². The molecule has 0 aliphatic carbocycles. The van der Waals surface area contributed by atoms with Gasteiger partial charge < -0.3 is 24.8 Å². The van der Waals surface area contributed by atoms with Crippen LogP contribution >= 0.6 is 11.6 Å². The Morgan fingerprint density at radius 1 is 1.41 bits per heavy atom. The van der Waals surface area contributed by atoms with Gasteiger partial charge in [-0.2, -0.15) is 0 Å². The Labute approximate surface area is 207 Å². The molecule has 0 spiro atoms. The van der Waals surface area contributed by atoms with Gasteiger partial charge in [0.05, 0.1) is 19.3 Å². The normalized spacial score (nSPS) is 17.3. The Morgan fingerprint density at radius 2 is 2.18 bits per heavy atom. The minimum Gasteiger partial charge on any atom is -0.465 e. The number of carbonyl (C=O) groups excluding carboxylic acids is 1. The van der Waals surface area contributed by atoms with Crippen molar-refractivity contribution in [3.05, 3.63) is 34.9 Å². The first-order valence-electron chi connectivity index (χ1n) is 11.8. The molecule has 3 amide bonds. The number of nitrogens with two attached hydrogens (primary N) is 1. The lowest BCUT2D eigenvalue weighted by molar-refractivity contribution is -0.0106. The van der Waals surface area contributed by atoms with Gasteiger partial charge in [0.15, 0.2) is 0 Å². The predicted molar refractivity (Wildman–Crippen MR) is 132 cm³/mol. The number of amides is 3. The van der Waals surface area contributed by atoms with Crippen LogP contribution in [-0.4, -0.2) is 73.6 Å². The smallest absolute Gasteiger partial charge is 0.404 e. The molecule has 192 valence electrons. The summed E-state index contributed by atoms with van der Waals surface area (Å²) in [5.74, 6) is 6.17. The van der Waals surface area contributed by atoms with Crippen LogP contribution in [0.3, 0.4) is 0 Å². The van der Waals surface area contributed by atoms with Crippen molar-refractivity contribution >= 4 is 23.7 Å². The van der Waals surface area contributed by atoms with Crippen LogP contribution in [0.1, 0.15) is 51.2 Å². The first kappa shape index (κ1) is 28.2. The summed E-state index contributed by atoms with van der Waals surface area (Å²) in [6, 6.07) is 7.27. The van der Waals surface area contributed by atoms with Crippen molar-refractivity contribution in [1.82, 2.24) is 15.2 Å². The van der Waals surface area contributed by atoms with E-state index in [-0.39, 0.29) is 36.6 Å². The third-order valence-electron chi connectivity index (χ3n) is 6.04. The van der Waals surface area contributed by atoms with Crippen molar-refractivity contribution in [2.75, 3.05) is 46.5 Å². The molecule has 2 rings (SSSR count). The van der Waals surface area contributed by atoms with E-state index in [9.17, 15) is 9.59 Å². The third kappa shape index (κ3) is 9.29. The van der Waals surface area contributed by atoms with E-state index in [0.29, 0.717) is 31.3 Å². The monoisotopic (exact) mass is 498 g/mol. The molecule has 1 aromatic carbocycles. The Bertz CT molecular complexity index is 794. The molecule has 2 atom stereocenters. The molecule has 1 unspecified atom stereocenters. The van der Waals surface area contributed by atoms with Gasteiger partial charge in [-0.3, -0.25) is 5.01 Å². The highest BCUT2D eigenvalue weighted by molar-refractivity contribution is 6.30. The molecular weight excluding hydrogens is 460 g/mol. The summed E-state index contributed by atoms with van der Waals surface area (Å²) < 4.78 is 11.4. The average molecular weight is 499 g/mol. The summed E-state index contributed by atoms with van der Waals surface area (Å²) in [5, 5.41) is 13.0. The third-order valence-corrected chi connectivity index (χ3v) is 6.28. The molecular formula is C24H39ClN4O5. The Morgan fingerprint density at radius 3 is 2.85 bits per heavy atom. The van der Waals surface area contributed by atoms with Crippen molar-refractivity contribution in [3.63, 3.8) is 0 Å². The number of hydrogen-bond acceptors (Lipinski definition) is 5. The second-order valence-corrected chi connectivity index (χ2v) is 10.0. The maximum Gasteiger partial charge on any atom is 0.404 e. The number of hydrogen-bond donors (Lipinski definition) is 3. The number of rotatable bonds is 12. The standard InChI is InChI=1S/C24H39ClN4O5/c1-24(2,17-33-3)10-6-13-29(26)23(32)28-12-5-8-19(16-28)21(34-14-11-27-22(30)31)18-7-4-9-20(25)15-18/h4,7,9,15,19,21,27H,5-6,8,10-14,16-17,26H2,1-3H3,(H,30,31)/t19?,21-/m0/s1. The summed E-state index contributed by atoms with van der Waals surface area (Å²) in [4.78, 5) is 25.6. The molecule has 0 saturated carbocycles. The van der Waals surface area contributed by atoms with Crippen molar-refractivity contribution in [3.8, 4) is 0 Å². The van der Waals surface area contributed by atoms with Crippen molar-refractivity contribution in [2.24, 2.45) is 17.2 Å². The molecule has 4 N–H and O–H groups in total. The van der Waals surface area contributed by atoms with Crippen LogP contribution in [-0.2, 0) is 9.47 Å². The number of nitrogens with one attached hydrogen (secondary N) is 1. The van der Waals surface area contributed by atoms with Gasteiger partial charge in [-0.25, -0.2) is 15.4 Å². The zero-order valence-electron chi connectivity index (χ0n) is 20.5. The molecule has 1 saturated heterocycles. The number of methoxy groups -OCH3 is 1. The summed E-state index contributed by atoms with van der Waals surface area (Å²) in [7, 11) is 1.69. The van der Waals surface area contributed by atoms with Crippen molar-refractivity contribution < 1.29 is 24.2 Å². The SMILES string of the molecule is COCC(C)(C)CCCN(N)C(=O)N1CCCC([C@@H](OCCNC(=O)O)c2cccc(Cl)c2)C1. The molecule has 0 bridgehead atoms. The van der Waals surface area contributed by atoms with Gasteiger partial charge in [0, 0.05) is 44.2 Å². The number of hydrazine groups is 1. The molecule has 1 aliphatic heterocycles. The van der Waals surface area contributed by atoms with E-state index in [2.05, 4.69) is 19.2 Å². The first-order chi connectivity index (χ1) is 16.1. The molecule has 1 heterocycles. The van der Waals surface area contributed by atoms with Gasteiger partial charge in [0.25, 0.3) is 0 Å². The van der Waals surface area contributed by atoms with E-state index in [1.807, 2.05) is 18.2 Å². The van der Waals surface area contributed by atoms with E-state index in [1.54, 1.807) is 18.1 Å². The van der Waals surface area contributed by atoms with Gasteiger partial charge in [-0.05, 0) is 48.8 Å². The average Bonchev–Trinajstić information content (AvgIpc) is 2.78. The van der Waals surface area contributed by atoms with E-state index >= 15 is 0 Å². The highest BCUT2D eigenvalue weighted by atomic mass is 35.5. The molecule has 1 aliphatic rings. The highest BCUT2D eigenvalue weighted by Gasteiger charge is 2.32.